The van der Waals surface area contributed by atoms with E-state index in [1.54, 1.807) is 12.3 Å². The maximum Gasteiger partial charge on any atom is 0.134 e. The lowest BCUT2D eigenvalue weighted by atomic mass is 10.5. The molecule has 0 saturated carbocycles. The molecule has 0 spiro atoms. The SMILES string of the molecule is CNc1cc#ccn1. The Bertz CT molecular complexity index is 148. The Balaban J connectivity index is 2.83. The van der Waals surface area contributed by atoms with Crippen LogP contribution in [0.25, 0.3) is 0 Å². The summed E-state index contributed by atoms with van der Waals surface area (Å²) in [6, 6.07) is 7.19. The number of nitrogens with zero attached hydrogens (tertiary/aromatic N) is 1. The van der Waals surface area contributed by atoms with Crippen molar-refractivity contribution in [3.05, 3.63) is 24.4 Å². The number of aromatic nitrogens is 1. The van der Waals surface area contributed by atoms with E-state index in [1.165, 1.54) is 0 Å². The monoisotopic (exact) mass is 106 g/mol. The maximum atomic E-state index is 3.90. The molecular weight excluding hydrogens is 100 g/mol. The number of hydrogen-bond acceptors (Lipinski definition) is 2. The first-order valence-electron chi connectivity index (χ1n) is 2.35. The van der Waals surface area contributed by atoms with Gasteiger partial charge in [-0.25, -0.2) is 4.98 Å². The summed E-state index contributed by atoms with van der Waals surface area (Å²) in [4.78, 5) is 3.90. The molecule has 0 radical (unpaired) electrons. The fraction of sp³-hybridized carbons (Fsp3) is 0.167. The Morgan fingerprint density at radius 3 is 2.88 bits per heavy atom. The summed E-state index contributed by atoms with van der Waals surface area (Å²) in [6.07, 6.45) is 1.58. The van der Waals surface area contributed by atoms with E-state index in [4.69, 9.17) is 0 Å². The minimum absolute atomic E-state index is 0.823. The molecular formula is C6H6N2. The van der Waals surface area contributed by atoms with E-state index in [1.807, 2.05) is 7.05 Å². The molecule has 1 rings (SSSR count). The second kappa shape index (κ2) is 2.17. The van der Waals surface area contributed by atoms with E-state index >= 15 is 0 Å². The summed E-state index contributed by atoms with van der Waals surface area (Å²) in [5.74, 6) is 0.823. The van der Waals surface area contributed by atoms with Gasteiger partial charge in [0.1, 0.15) is 5.82 Å². The Morgan fingerprint density at radius 2 is 2.50 bits per heavy atom. The van der Waals surface area contributed by atoms with Crippen molar-refractivity contribution >= 4 is 5.82 Å². The van der Waals surface area contributed by atoms with Gasteiger partial charge in [0.2, 0.25) is 0 Å². The van der Waals surface area contributed by atoms with Crippen LogP contribution in [0.3, 0.4) is 0 Å². The number of rotatable bonds is 1. The van der Waals surface area contributed by atoms with Crippen LogP contribution in [0.2, 0.25) is 0 Å². The largest absolute Gasteiger partial charge is 0.373 e. The highest BCUT2D eigenvalue weighted by molar-refractivity contribution is 5.29. The average molecular weight is 106 g/mol. The first kappa shape index (κ1) is 4.92. The van der Waals surface area contributed by atoms with E-state index in [-0.39, 0.29) is 0 Å². The minimum Gasteiger partial charge on any atom is -0.373 e. The molecule has 0 aliphatic heterocycles. The molecule has 0 fully saturated rings. The van der Waals surface area contributed by atoms with Crippen LogP contribution < -0.4 is 5.32 Å². The molecule has 0 bridgehead atoms. The Hall–Kier alpha value is -1.23. The van der Waals surface area contributed by atoms with Gasteiger partial charge < -0.3 is 5.32 Å². The Morgan fingerprint density at radius 1 is 1.62 bits per heavy atom. The smallest absolute Gasteiger partial charge is 0.134 e. The van der Waals surface area contributed by atoms with Gasteiger partial charge in [0.15, 0.2) is 0 Å². The van der Waals surface area contributed by atoms with Crippen molar-refractivity contribution in [1.29, 1.82) is 0 Å². The molecule has 0 aliphatic carbocycles. The lowest BCUT2D eigenvalue weighted by Crippen LogP contribution is -1.88. The zero-order valence-electron chi connectivity index (χ0n) is 4.60. The van der Waals surface area contributed by atoms with Crippen LogP contribution in [0.5, 0.6) is 0 Å². The van der Waals surface area contributed by atoms with E-state index in [0.29, 0.717) is 0 Å². The van der Waals surface area contributed by atoms with Gasteiger partial charge in [-0.2, -0.15) is 0 Å². The molecule has 8 heavy (non-hydrogen) atoms. The quantitative estimate of drug-likeness (QED) is 0.570. The Labute approximate surface area is 48.6 Å². The molecule has 0 aliphatic rings. The Kier molecular flexibility index (Phi) is 1.34. The standard InChI is InChI=1S/C6H6N2/c1-7-6-4-2-3-5-8-6/h4-5H,1H3,(H,7,8). The van der Waals surface area contributed by atoms with Crippen molar-refractivity contribution in [3.63, 3.8) is 0 Å². The van der Waals surface area contributed by atoms with Crippen LogP contribution in [0.4, 0.5) is 5.82 Å². The minimum atomic E-state index is 0.823. The molecule has 0 saturated heterocycles. The molecule has 1 heterocycles. The highest BCUT2D eigenvalue weighted by atomic mass is 14.9. The first-order chi connectivity index (χ1) is 3.93. The zero-order valence-corrected chi connectivity index (χ0v) is 4.60. The van der Waals surface area contributed by atoms with Gasteiger partial charge in [0, 0.05) is 13.1 Å². The molecule has 0 aromatic carbocycles. The van der Waals surface area contributed by atoms with Crippen molar-refractivity contribution in [2.45, 2.75) is 0 Å². The molecule has 0 amide bonds. The summed E-state index contributed by atoms with van der Waals surface area (Å²) < 4.78 is 0. The fourth-order valence-corrected chi connectivity index (χ4v) is 0.423. The third-order valence-electron chi connectivity index (χ3n) is 0.817. The fourth-order valence-electron chi connectivity index (χ4n) is 0.423. The van der Waals surface area contributed by atoms with Gasteiger partial charge in [0.05, 0.1) is 6.20 Å². The van der Waals surface area contributed by atoms with E-state index in [0.717, 1.165) is 5.82 Å². The number of hydrogen-bond donors (Lipinski definition) is 1. The second-order valence-electron chi connectivity index (χ2n) is 1.33. The van der Waals surface area contributed by atoms with E-state index < -0.39 is 0 Å². The van der Waals surface area contributed by atoms with Crippen LogP contribution in [-0.4, -0.2) is 12.0 Å². The third kappa shape index (κ3) is 0.881. The summed E-state index contributed by atoms with van der Waals surface area (Å²) in [6.45, 7) is 0. The third-order valence-corrected chi connectivity index (χ3v) is 0.817. The van der Waals surface area contributed by atoms with Crippen molar-refractivity contribution in [2.75, 3.05) is 12.4 Å². The number of anilines is 1. The van der Waals surface area contributed by atoms with Gasteiger partial charge in [-0.1, -0.05) is 6.07 Å². The first-order valence-corrected chi connectivity index (χ1v) is 2.35. The van der Waals surface area contributed by atoms with Crippen molar-refractivity contribution < 1.29 is 0 Å². The van der Waals surface area contributed by atoms with Gasteiger partial charge >= 0.3 is 0 Å². The average Bonchev–Trinajstić information content (AvgIpc) is 1.90. The van der Waals surface area contributed by atoms with Crippen LogP contribution in [0.15, 0.2) is 12.3 Å². The maximum absolute atomic E-state index is 3.90. The summed E-state index contributed by atoms with van der Waals surface area (Å²) in [7, 11) is 1.82. The normalized spacial score (nSPS) is 7.62. The predicted octanol–water partition coefficient (Wildman–Crippen LogP) is 0.724. The predicted molar refractivity (Wildman–Crippen MR) is 31.5 cm³/mol. The molecule has 0 atom stereocenters. The lowest BCUT2D eigenvalue weighted by molar-refractivity contribution is 1.30. The molecule has 2 heteroatoms. The van der Waals surface area contributed by atoms with E-state index in [9.17, 15) is 0 Å². The summed E-state index contributed by atoms with van der Waals surface area (Å²) in [5.41, 5.74) is 0. The van der Waals surface area contributed by atoms with Gasteiger partial charge in [0.25, 0.3) is 0 Å². The highest BCUT2D eigenvalue weighted by Crippen LogP contribution is 1.91. The molecule has 1 aromatic rings. The number of nitrogens with one attached hydrogen (secondary N) is 1. The van der Waals surface area contributed by atoms with Crippen LogP contribution in [-0.2, 0) is 0 Å². The van der Waals surface area contributed by atoms with Gasteiger partial charge in [-0.05, 0) is 6.07 Å². The molecule has 1 aromatic heterocycles. The summed E-state index contributed by atoms with van der Waals surface area (Å²) in [5, 5.41) is 2.86. The van der Waals surface area contributed by atoms with Crippen LogP contribution >= 0.6 is 0 Å². The summed E-state index contributed by atoms with van der Waals surface area (Å²) >= 11 is 0. The van der Waals surface area contributed by atoms with E-state index in [2.05, 4.69) is 22.4 Å². The van der Waals surface area contributed by atoms with Crippen molar-refractivity contribution in [2.24, 2.45) is 0 Å². The van der Waals surface area contributed by atoms with Gasteiger partial charge in [-0.3, -0.25) is 0 Å². The van der Waals surface area contributed by atoms with Gasteiger partial charge in [-0.15, -0.1) is 0 Å². The van der Waals surface area contributed by atoms with Crippen molar-refractivity contribution in [3.8, 4) is 0 Å². The lowest BCUT2D eigenvalue weighted by Gasteiger charge is -1.89. The molecule has 2 nitrogen and oxygen atoms in total. The second-order valence-corrected chi connectivity index (χ2v) is 1.33. The van der Waals surface area contributed by atoms with Crippen LogP contribution in [0, 0.1) is 12.1 Å². The van der Waals surface area contributed by atoms with Crippen molar-refractivity contribution in [1.82, 2.24) is 4.98 Å². The zero-order chi connectivity index (χ0) is 5.82. The highest BCUT2D eigenvalue weighted by Gasteiger charge is 1.78. The molecule has 1 N–H and O–H groups in total. The molecule has 40 valence electrons. The molecule has 0 unspecified atom stereocenters. The topological polar surface area (TPSA) is 24.9 Å². The van der Waals surface area contributed by atoms with Crippen LogP contribution in [0.1, 0.15) is 0 Å².